The van der Waals surface area contributed by atoms with Crippen molar-refractivity contribution >= 4 is 0 Å². The predicted octanol–water partition coefficient (Wildman–Crippen LogP) is 1.17. The van der Waals surface area contributed by atoms with Crippen LogP contribution < -0.4 is 5.73 Å². The van der Waals surface area contributed by atoms with E-state index in [-0.39, 0.29) is 6.04 Å². The van der Waals surface area contributed by atoms with Gasteiger partial charge in [0.05, 0.1) is 12.6 Å². The summed E-state index contributed by atoms with van der Waals surface area (Å²) in [7, 11) is 0. The average Bonchev–Trinajstić information content (AvgIpc) is 2.86. The highest BCUT2D eigenvalue weighted by Gasteiger charge is 2.15. The van der Waals surface area contributed by atoms with Crippen LogP contribution in [0.25, 0.3) is 11.6 Å². The largest absolute Gasteiger partial charge is 0.380 e. The molecule has 1 unspecified atom stereocenters. The summed E-state index contributed by atoms with van der Waals surface area (Å²) in [6.07, 6.45) is 1.67. The zero-order valence-electron chi connectivity index (χ0n) is 9.54. The Morgan fingerprint density at radius 2 is 2.35 bits per heavy atom. The van der Waals surface area contributed by atoms with Crippen molar-refractivity contribution in [3.63, 3.8) is 0 Å². The van der Waals surface area contributed by atoms with Gasteiger partial charge in [0.15, 0.2) is 5.82 Å². The van der Waals surface area contributed by atoms with E-state index >= 15 is 0 Å². The summed E-state index contributed by atoms with van der Waals surface area (Å²) in [6, 6.07) is 5.09. The van der Waals surface area contributed by atoms with E-state index < -0.39 is 0 Å². The van der Waals surface area contributed by atoms with E-state index in [1.165, 1.54) is 0 Å². The Morgan fingerprint density at radius 3 is 3.06 bits per heavy atom. The maximum atomic E-state index is 5.84. The molecule has 6 nitrogen and oxygen atoms in total. The zero-order valence-corrected chi connectivity index (χ0v) is 9.54. The monoisotopic (exact) mass is 234 g/mol. The van der Waals surface area contributed by atoms with Gasteiger partial charge in [0.1, 0.15) is 5.69 Å². The number of aromatic nitrogens is 3. The molecule has 0 aliphatic heterocycles. The Morgan fingerprint density at radius 1 is 1.47 bits per heavy atom. The first-order valence-electron chi connectivity index (χ1n) is 5.39. The number of nitrogens with zero attached hydrogens (tertiary/aromatic N) is 3. The summed E-state index contributed by atoms with van der Waals surface area (Å²) < 4.78 is 10.3. The van der Waals surface area contributed by atoms with Gasteiger partial charge in [-0.3, -0.25) is 4.98 Å². The lowest BCUT2D eigenvalue weighted by Crippen LogP contribution is -2.18. The maximum absolute atomic E-state index is 5.84. The first-order chi connectivity index (χ1) is 8.31. The zero-order chi connectivity index (χ0) is 12.1. The molecule has 0 radical (unpaired) electrons. The van der Waals surface area contributed by atoms with Gasteiger partial charge in [-0.25, -0.2) is 0 Å². The van der Waals surface area contributed by atoms with Gasteiger partial charge in [0, 0.05) is 12.8 Å². The fourth-order valence-corrected chi connectivity index (χ4v) is 1.30. The van der Waals surface area contributed by atoms with Gasteiger partial charge in [-0.2, -0.15) is 4.98 Å². The molecule has 0 saturated heterocycles. The maximum Gasteiger partial charge on any atom is 0.276 e. The van der Waals surface area contributed by atoms with Crippen LogP contribution in [0, 0.1) is 0 Å². The van der Waals surface area contributed by atoms with Crippen LogP contribution in [0.4, 0.5) is 0 Å². The summed E-state index contributed by atoms with van der Waals surface area (Å²) in [5, 5.41) is 3.81. The van der Waals surface area contributed by atoms with Crippen molar-refractivity contribution in [2.45, 2.75) is 13.0 Å². The van der Waals surface area contributed by atoms with E-state index in [1.807, 2.05) is 19.1 Å². The Bertz CT molecular complexity index is 458. The molecule has 1 atom stereocenters. The SMILES string of the molecule is CCOCC(N)c1noc(-c2ccccn2)n1. The van der Waals surface area contributed by atoms with Gasteiger partial charge >= 0.3 is 0 Å². The molecule has 2 aromatic rings. The van der Waals surface area contributed by atoms with Gasteiger partial charge in [-0.05, 0) is 19.1 Å². The minimum Gasteiger partial charge on any atom is -0.380 e. The molecule has 0 aliphatic carbocycles. The van der Waals surface area contributed by atoms with Crippen LogP contribution in [0.5, 0.6) is 0 Å². The highest BCUT2D eigenvalue weighted by atomic mass is 16.5. The van der Waals surface area contributed by atoms with Crippen molar-refractivity contribution in [2.75, 3.05) is 13.2 Å². The van der Waals surface area contributed by atoms with E-state index in [2.05, 4.69) is 15.1 Å². The number of rotatable bonds is 5. The molecule has 2 heterocycles. The van der Waals surface area contributed by atoms with Gasteiger partial charge in [0.25, 0.3) is 5.89 Å². The molecular weight excluding hydrogens is 220 g/mol. The van der Waals surface area contributed by atoms with Gasteiger partial charge in [-0.1, -0.05) is 11.2 Å². The van der Waals surface area contributed by atoms with E-state index in [9.17, 15) is 0 Å². The Balaban J connectivity index is 2.11. The standard InChI is InChI=1S/C11H14N4O2/c1-2-16-7-8(12)10-14-11(17-15-10)9-5-3-4-6-13-9/h3-6,8H,2,7,12H2,1H3. The van der Waals surface area contributed by atoms with E-state index in [0.29, 0.717) is 30.6 Å². The molecule has 2 N–H and O–H groups in total. The molecule has 6 heteroatoms. The first kappa shape index (κ1) is 11.7. The number of ether oxygens (including phenoxy) is 1. The molecule has 0 amide bonds. The molecule has 2 rings (SSSR count). The van der Waals surface area contributed by atoms with Crippen molar-refractivity contribution in [3.05, 3.63) is 30.2 Å². The predicted molar refractivity (Wildman–Crippen MR) is 61.0 cm³/mol. The third-order valence-electron chi connectivity index (χ3n) is 2.16. The topological polar surface area (TPSA) is 87.1 Å². The summed E-state index contributed by atoms with van der Waals surface area (Å²) in [6.45, 7) is 2.89. The van der Waals surface area contributed by atoms with Crippen LogP contribution in [0.15, 0.2) is 28.9 Å². The fourth-order valence-electron chi connectivity index (χ4n) is 1.30. The third-order valence-corrected chi connectivity index (χ3v) is 2.16. The quantitative estimate of drug-likeness (QED) is 0.835. The van der Waals surface area contributed by atoms with Crippen molar-refractivity contribution in [1.82, 2.24) is 15.1 Å². The molecule has 0 aromatic carbocycles. The van der Waals surface area contributed by atoms with Crippen LogP contribution in [0.1, 0.15) is 18.8 Å². The van der Waals surface area contributed by atoms with Gasteiger partial charge in [0.2, 0.25) is 0 Å². The summed E-state index contributed by atoms with van der Waals surface area (Å²) >= 11 is 0. The Hall–Kier alpha value is -1.79. The fraction of sp³-hybridized carbons (Fsp3) is 0.364. The van der Waals surface area contributed by atoms with Crippen LogP contribution >= 0.6 is 0 Å². The summed E-state index contributed by atoms with van der Waals surface area (Å²) in [5.41, 5.74) is 6.48. The molecule has 0 saturated carbocycles. The lowest BCUT2D eigenvalue weighted by Gasteiger charge is -2.05. The molecule has 0 bridgehead atoms. The lowest BCUT2D eigenvalue weighted by atomic mass is 10.3. The van der Waals surface area contributed by atoms with Crippen molar-refractivity contribution in [1.29, 1.82) is 0 Å². The Kier molecular flexibility index (Phi) is 3.79. The minimum atomic E-state index is -0.379. The number of pyridine rings is 1. The summed E-state index contributed by atoms with van der Waals surface area (Å²) in [5.74, 6) is 0.798. The molecule has 0 fully saturated rings. The van der Waals surface area contributed by atoms with Gasteiger partial charge in [-0.15, -0.1) is 0 Å². The molecule has 90 valence electrons. The van der Waals surface area contributed by atoms with Crippen molar-refractivity contribution < 1.29 is 9.26 Å². The van der Waals surface area contributed by atoms with Crippen molar-refractivity contribution in [3.8, 4) is 11.6 Å². The van der Waals surface area contributed by atoms with E-state index in [1.54, 1.807) is 12.3 Å². The molecular formula is C11H14N4O2. The molecule has 0 spiro atoms. The smallest absolute Gasteiger partial charge is 0.276 e. The second kappa shape index (κ2) is 5.51. The third kappa shape index (κ3) is 2.86. The Labute approximate surface area is 98.8 Å². The summed E-state index contributed by atoms with van der Waals surface area (Å²) in [4.78, 5) is 8.30. The van der Waals surface area contributed by atoms with Crippen LogP contribution in [0.2, 0.25) is 0 Å². The highest BCUT2D eigenvalue weighted by molar-refractivity contribution is 5.45. The first-order valence-corrected chi connectivity index (χ1v) is 5.39. The highest BCUT2D eigenvalue weighted by Crippen LogP contribution is 2.15. The van der Waals surface area contributed by atoms with E-state index in [0.717, 1.165) is 0 Å². The normalized spacial score (nSPS) is 12.6. The second-order valence-corrected chi connectivity index (χ2v) is 3.44. The number of hydrogen-bond donors (Lipinski definition) is 1. The van der Waals surface area contributed by atoms with Crippen LogP contribution in [-0.4, -0.2) is 28.3 Å². The van der Waals surface area contributed by atoms with Crippen LogP contribution in [0.3, 0.4) is 0 Å². The van der Waals surface area contributed by atoms with Crippen LogP contribution in [-0.2, 0) is 4.74 Å². The van der Waals surface area contributed by atoms with E-state index in [4.69, 9.17) is 15.0 Å². The minimum absolute atomic E-state index is 0.368. The average molecular weight is 234 g/mol. The molecule has 0 aliphatic rings. The number of hydrogen-bond acceptors (Lipinski definition) is 6. The molecule has 2 aromatic heterocycles. The second-order valence-electron chi connectivity index (χ2n) is 3.44. The van der Waals surface area contributed by atoms with Gasteiger partial charge < -0.3 is 15.0 Å². The lowest BCUT2D eigenvalue weighted by molar-refractivity contribution is 0.130. The molecule has 17 heavy (non-hydrogen) atoms. The number of nitrogens with two attached hydrogens (primary N) is 1. The van der Waals surface area contributed by atoms with Crippen molar-refractivity contribution in [2.24, 2.45) is 5.73 Å².